The number of sulfone groups is 1. The second-order valence-corrected chi connectivity index (χ2v) is 5.58. The quantitative estimate of drug-likeness (QED) is 0.563. The summed E-state index contributed by atoms with van der Waals surface area (Å²) >= 11 is 0. The highest BCUT2D eigenvalue weighted by atomic mass is 32.2. The van der Waals surface area contributed by atoms with Gasteiger partial charge in [-0.2, -0.15) is 0 Å². The Morgan fingerprint density at radius 3 is 1.45 bits per heavy atom. The molecule has 0 saturated carbocycles. The van der Waals surface area contributed by atoms with Crippen molar-refractivity contribution in [2.45, 2.75) is 38.5 Å². The van der Waals surface area contributed by atoms with Crippen LogP contribution in [0.1, 0.15) is 38.5 Å². The van der Waals surface area contributed by atoms with Crippen molar-refractivity contribution in [3.05, 3.63) is 0 Å². The Morgan fingerprint density at radius 2 is 1.00 bits per heavy atom. The van der Waals surface area contributed by atoms with E-state index in [2.05, 4.69) is 0 Å². The van der Waals surface area contributed by atoms with Crippen LogP contribution in [0, 0.1) is 0 Å². The number of hydrogen-bond acceptors (Lipinski definition) is 2. The van der Waals surface area contributed by atoms with E-state index in [1.165, 1.54) is 12.8 Å². The van der Waals surface area contributed by atoms with E-state index in [0.29, 0.717) is 11.5 Å². The molecule has 1 rings (SSSR count). The van der Waals surface area contributed by atoms with Gasteiger partial charge in [-0.25, -0.2) is 8.42 Å². The molecule has 1 aliphatic heterocycles. The van der Waals surface area contributed by atoms with Crippen LogP contribution < -0.4 is 0 Å². The Balaban J connectivity index is 2.44. The molecular weight excluding hydrogens is 160 g/mol. The second kappa shape index (κ2) is 4.10. The van der Waals surface area contributed by atoms with E-state index in [0.717, 1.165) is 25.7 Å². The highest BCUT2D eigenvalue weighted by Gasteiger charge is 2.11. The molecule has 11 heavy (non-hydrogen) atoms. The third-order valence-electron chi connectivity index (χ3n) is 2.16. The Hall–Kier alpha value is -0.0500. The zero-order valence-corrected chi connectivity index (χ0v) is 7.70. The lowest BCUT2D eigenvalue weighted by Crippen LogP contribution is -2.09. The molecule has 0 amide bonds. The van der Waals surface area contributed by atoms with Gasteiger partial charge in [-0.15, -0.1) is 0 Å². The molecule has 1 heterocycles. The molecule has 0 bridgehead atoms. The van der Waals surface area contributed by atoms with Crippen molar-refractivity contribution in [3.8, 4) is 0 Å². The van der Waals surface area contributed by atoms with Crippen LogP contribution in [0.4, 0.5) is 0 Å². The first-order chi connectivity index (χ1) is 5.21. The average molecular weight is 176 g/mol. The summed E-state index contributed by atoms with van der Waals surface area (Å²) in [6, 6.07) is 0. The molecule has 0 aromatic heterocycles. The molecule has 1 saturated heterocycles. The lowest BCUT2D eigenvalue weighted by Gasteiger charge is -1.98. The van der Waals surface area contributed by atoms with Crippen LogP contribution in [0.3, 0.4) is 0 Å². The predicted molar refractivity (Wildman–Crippen MR) is 46.4 cm³/mol. The minimum Gasteiger partial charge on any atom is -0.229 e. The van der Waals surface area contributed by atoms with Gasteiger partial charge in [-0.05, 0) is 12.8 Å². The summed E-state index contributed by atoms with van der Waals surface area (Å²) in [5.74, 6) is 0.847. The van der Waals surface area contributed by atoms with Crippen molar-refractivity contribution in [1.29, 1.82) is 0 Å². The van der Waals surface area contributed by atoms with E-state index in [9.17, 15) is 8.42 Å². The summed E-state index contributed by atoms with van der Waals surface area (Å²) in [6.45, 7) is 0. The first-order valence-electron chi connectivity index (χ1n) is 4.41. The summed E-state index contributed by atoms with van der Waals surface area (Å²) in [5, 5.41) is 0. The van der Waals surface area contributed by atoms with Gasteiger partial charge < -0.3 is 0 Å². The van der Waals surface area contributed by atoms with Gasteiger partial charge in [0, 0.05) is 0 Å². The van der Waals surface area contributed by atoms with Crippen LogP contribution in [-0.2, 0) is 9.84 Å². The standard InChI is InChI=1S/C8H16O2S/c9-11(10)7-5-3-1-2-4-6-8-11/h1-8H2. The maximum atomic E-state index is 11.2. The largest absolute Gasteiger partial charge is 0.229 e. The van der Waals surface area contributed by atoms with Gasteiger partial charge >= 0.3 is 0 Å². The predicted octanol–water partition coefficient (Wildman–Crippen LogP) is 1.76. The topological polar surface area (TPSA) is 34.1 Å². The van der Waals surface area contributed by atoms with Gasteiger partial charge in [-0.3, -0.25) is 0 Å². The van der Waals surface area contributed by atoms with Gasteiger partial charge in [-0.1, -0.05) is 25.7 Å². The maximum Gasteiger partial charge on any atom is 0.150 e. The fourth-order valence-corrected chi connectivity index (χ4v) is 2.95. The summed E-state index contributed by atoms with van der Waals surface area (Å²) in [5.41, 5.74) is 0. The van der Waals surface area contributed by atoms with Crippen LogP contribution >= 0.6 is 0 Å². The average Bonchev–Trinajstić information content (AvgIpc) is 2.00. The monoisotopic (exact) mass is 176 g/mol. The van der Waals surface area contributed by atoms with Crippen LogP contribution in [0.25, 0.3) is 0 Å². The van der Waals surface area contributed by atoms with Gasteiger partial charge in [0.25, 0.3) is 0 Å². The molecule has 1 fully saturated rings. The minimum atomic E-state index is -2.67. The zero-order valence-electron chi connectivity index (χ0n) is 6.88. The first-order valence-corrected chi connectivity index (χ1v) is 6.23. The lowest BCUT2D eigenvalue weighted by atomic mass is 10.1. The molecular formula is C8H16O2S. The molecule has 0 unspecified atom stereocenters. The Morgan fingerprint density at radius 1 is 0.636 bits per heavy atom. The molecule has 0 spiro atoms. The highest BCUT2D eigenvalue weighted by molar-refractivity contribution is 7.91. The SMILES string of the molecule is O=S1(=O)CCCCCCCC1. The smallest absolute Gasteiger partial charge is 0.150 e. The van der Waals surface area contributed by atoms with Crippen molar-refractivity contribution < 1.29 is 8.42 Å². The van der Waals surface area contributed by atoms with Crippen LogP contribution in [0.5, 0.6) is 0 Å². The van der Waals surface area contributed by atoms with Gasteiger partial charge in [0.05, 0.1) is 11.5 Å². The van der Waals surface area contributed by atoms with Crippen LogP contribution in [0.15, 0.2) is 0 Å². The van der Waals surface area contributed by atoms with Crippen molar-refractivity contribution in [2.24, 2.45) is 0 Å². The van der Waals surface area contributed by atoms with Crippen molar-refractivity contribution >= 4 is 9.84 Å². The highest BCUT2D eigenvalue weighted by Crippen LogP contribution is 2.11. The normalized spacial score (nSPS) is 26.5. The van der Waals surface area contributed by atoms with Gasteiger partial charge in [0.1, 0.15) is 9.84 Å². The Kier molecular flexibility index (Phi) is 3.37. The van der Waals surface area contributed by atoms with E-state index < -0.39 is 9.84 Å². The molecule has 3 heteroatoms. The third-order valence-corrected chi connectivity index (χ3v) is 3.98. The fourth-order valence-electron chi connectivity index (χ4n) is 1.45. The summed E-state index contributed by atoms with van der Waals surface area (Å²) in [7, 11) is -2.67. The summed E-state index contributed by atoms with van der Waals surface area (Å²) in [4.78, 5) is 0. The zero-order chi connectivity index (χ0) is 8.16. The van der Waals surface area contributed by atoms with Crippen LogP contribution in [0.2, 0.25) is 0 Å². The van der Waals surface area contributed by atoms with Crippen molar-refractivity contribution in [3.63, 3.8) is 0 Å². The number of hydrogen-bond donors (Lipinski definition) is 0. The molecule has 1 aliphatic rings. The van der Waals surface area contributed by atoms with Gasteiger partial charge in [0.2, 0.25) is 0 Å². The second-order valence-electron chi connectivity index (χ2n) is 3.27. The van der Waals surface area contributed by atoms with Crippen molar-refractivity contribution in [2.75, 3.05) is 11.5 Å². The molecule has 0 atom stereocenters. The Bertz CT molecular complexity index is 178. The molecule has 0 radical (unpaired) electrons. The van der Waals surface area contributed by atoms with E-state index >= 15 is 0 Å². The van der Waals surface area contributed by atoms with E-state index in [-0.39, 0.29) is 0 Å². The maximum absolute atomic E-state index is 11.2. The van der Waals surface area contributed by atoms with E-state index in [4.69, 9.17) is 0 Å². The fraction of sp³-hybridized carbons (Fsp3) is 1.00. The molecule has 66 valence electrons. The molecule has 0 aromatic rings. The van der Waals surface area contributed by atoms with E-state index in [1.54, 1.807) is 0 Å². The van der Waals surface area contributed by atoms with Crippen LogP contribution in [-0.4, -0.2) is 19.9 Å². The van der Waals surface area contributed by atoms with Crippen molar-refractivity contribution in [1.82, 2.24) is 0 Å². The number of rotatable bonds is 0. The minimum absolute atomic E-state index is 0.424. The summed E-state index contributed by atoms with van der Waals surface area (Å²) in [6.07, 6.45) is 6.38. The first kappa shape index (κ1) is 9.04. The molecule has 2 nitrogen and oxygen atoms in total. The molecule has 0 aromatic carbocycles. The van der Waals surface area contributed by atoms with E-state index in [1.807, 2.05) is 0 Å². The lowest BCUT2D eigenvalue weighted by molar-refractivity contribution is 0.591. The molecule has 0 N–H and O–H groups in total. The molecule has 0 aliphatic carbocycles. The summed E-state index contributed by atoms with van der Waals surface area (Å²) < 4.78 is 22.4. The Labute approximate surface area is 68.9 Å². The van der Waals surface area contributed by atoms with Gasteiger partial charge in [0.15, 0.2) is 0 Å². The third kappa shape index (κ3) is 3.75.